The van der Waals surface area contributed by atoms with Crippen molar-refractivity contribution in [1.82, 2.24) is 9.80 Å². The van der Waals surface area contributed by atoms with E-state index in [9.17, 15) is 0 Å². The summed E-state index contributed by atoms with van der Waals surface area (Å²) >= 11 is 5.49. The van der Waals surface area contributed by atoms with E-state index in [0.29, 0.717) is 35.3 Å². The summed E-state index contributed by atoms with van der Waals surface area (Å²) in [5.41, 5.74) is 4.36. The van der Waals surface area contributed by atoms with E-state index in [2.05, 4.69) is 77.9 Å². The standard InChI is InChI=1S/C82H112N2O4S3/c1-7-11-15-19-23-27-29-33-37-41-43-59(44-42-38-34-30-28-24-20-16-12-8-2)55-83-79(85)63-50-48-62-72-65(68-54-70-78(91-68)77-69(90-70)52-58(6)89-77)53-67-74-64(49-47-61(76(72)74)71-57(5)51-66(81(83)87)73(63)75(62)71)80(86)84(82(67)88)56-60(45-39-35-31-25-21-17-13-9-3)46-40-36-32-26-22-18-14-10-4/h47-54,59-60H,7-46,55-56H2,1-6H3. The first-order valence-electron chi connectivity index (χ1n) is 37.5. The molecule has 0 unspecified atom stereocenters. The zero-order valence-electron chi connectivity index (χ0n) is 57.2. The summed E-state index contributed by atoms with van der Waals surface area (Å²) in [5, 5.41) is 7.27. The molecule has 0 fully saturated rings. The van der Waals surface area contributed by atoms with Crippen LogP contribution >= 0.6 is 34.0 Å². The van der Waals surface area contributed by atoms with Gasteiger partial charge in [-0.15, -0.1) is 34.0 Å². The van der Waals surface area contributed by atoms with E-state index in [4.69, 9.17) is 0 Å². The number of imide groups is 2. The molecule has 2 aliphatic rings. The molecular weight excluding hydrogens is 1170 g/mol. The number of rotatable bonds is 45. The molecule has 3 aromatic heterocycles. The third-order valence-corrected chi connectivity index (χ3v) is 24.9. The van der Waals surface area contributed by atoms with Gasteiger partial charge in [0, 0.05) is 70.8 Å². The first-order valence-corrected chi connectivity index (χ1v) is 39.9. The summed E-state index contributed by atoms with van der Waals surface area (Å²) in [6.45, 7) is 14.3. The van der Waals surface area contributed by atoms with E-state index in [-0.39, 0.29) is 35.5 Å². The third-order valence-electron chi connectivity index (χ3n) is 21.2. The number of nitrogens with zero attached hydrogens (tertiary/aromatic N) is 2. The first kappa shape index (κ1) is 69.1. The average molecular weight is 1290 g/mol. The lowest BCUT2D eigenvalue weighted by atomic mass is 9.79. The lowest BCUT2D eigenvalue weighted by molar-refractivity contribution is 0.0563. The lowest BCUT2D eigenvalue weighted by Gasteiger charge is -2.33. The highest BCUT2D eigenvalue weighted by Crippen LogP contribution is 2.53. The molecule has 6 nitrogen and oxygen atoms in total. The van der Waals surface area contributed by atoms with E-state index in [1.165, 1.54) is 229 Å². The predicted molar refractivity (Wildman–Crippen MR) is 396 cm³/mol. The van der Waals surface area contributed by atoms with E-state index < -0.39 is 0 Å². The van der Waals surface area contributed by atoms with Gasteiger partial charge in [-0.3, -0.25) is 29.0 Å². The van der Waals surface area contributed by atoms with E-state index >= 15 is 19.2 Å². The number of hydrogen-bond donors (Lipinski definition) is 0. The van der Waals surface area contributed by atoms with Crippen molar-refractivity contribution in [2.45, 2.75) is 298 Å². The number of amides is 4. The number of hydrogen-bond acceptors (Lipinski definition) is 7. The van der Waals surface area contributed by atoms with Crippen LogP contribution in [0.2, 0.25) is 0 Å². The van der Waals surface area contributed by atoms with Crippen molar-refractivity contribution >= 4 is 120 Å². The van der Waals surface area contributed by atoms with Gasteiger partial charge < -0.3 is 0 Å². The highest BCUT2D eigenvalue weighted by molar-refractivity contribution is 7.39. The second-order valence-electron chi connectivity index (χ2n) is 28.4. The molecule has 10 rings (SSSR count). The number of aryl methyl sites for hydroxylation is 2. The second-order valence-corrected chi connectivity index (χ2v) is 31.8. The van der Waals surface area contributed by atoms with Crippen LogP contribution < -0.4 is 0 Å². The Bertz CT molecular complexity index is 3650. The van der Waals surface area contributed by atoms with Crippen LogP contribution in [0.3, 0.4) is 0 Å². The van der Waals surface area contributed by atoms with Crippen molar-refractivity contribution in [2.24, 2.45) is 11.8 Å². The fourth-order valence-corrected chi connectivity index (χ4v) is 20.0. The van der Waals surface area contributed by atoms with Crippen molar-refractivity contribution in [3.05, 3.63) is 81.2 Å². The smallest absolute Gasteiger partial charge is 0.261 e. The Labute approximate surface area is 559 Å². The number of thiophene rings is 3. The molecule has 0 N–H and O–H groups in total. The topological polar surface area (TPSA) is 74.8 Å². The average Bonchev–Trinajstić information content (AvgIpc) is 0.970. The molecule has 0 saturated heterocycles. The molecular formula is C82H112N2O4S3. The normalized spacial score (nSPS) is 13.7. The molecule has 5 aromatic carbocycles. The summed E-state index contributed by atoms with van der Waals surface area (Å²) in [7, 11) is 0. The Morgan fingerprint density at radius 3 is 1.08 bits per heavy atom. The first-order chi connectivity index (χ1) is 44.6. The van der Waals surface area contributed by atoms with Crippen LogP contribution in [-0.4, -0.2) is 46.5 Å². The Kier molecular flexibility index (Phi) is 26.3. The lowest BCUT2D eigenvalue weighted by Crippen LogP contribution is -2.43. The van der Waals surface area contributed by atoms with Crippen molar-refractivity contribution in [2.75, 3.05) is 13.1 Å². The van der Waals surface area contributed by atoms with Crippen molar-refractivity contribution < 1.29 is 19.2 Å². The summed E-state index contributed by atoms with van der Waals surface area (Å²) in [5.74, 6) is -0.215. The minimum Gasteiger partial charge on any atom is -0.274 e. The van der Waals surface area contributed by atoms with Crippen molar-refractivity contribution in [3.63, 3.8) is 0 Å². The van der Waals surface area contributed by atoms with Gasteiger partial charge in [-0.05, 0) is 126 Å². The van der Waals surface area contributed by atoms with Gasteiger partial charge in [0.25, 0.3) is 23.6 Å². The summed E-state index contributed by atoms with van der Waals surface area (Å²) < 4.78 is 5.14. The zero-order valence-corrected chi connectivity index (χ0v) is 59.7. The molecule has 0 aliphatic carbocycles. The maximum Gasteiger partial charge on any atom is 0.261 e. The molecule has 0 saturated carbocycles. The van der Waals surface area contributed by atoms with Gasteiger partial charge >= 0.3 is 0 Å². The van der Waals surface area contributed by atoms with Crippen LogP contribution in [0, 0.1) is 25.7 Å². The number of carbonyl (C=O) groups is 4. The fourth-order valence-electron chi connectivity index (χ4n) is 16.0. The summed E-state index contributed by atoms with van der Waals surface area (Å²) in [4.78, 5) is 67.6. The quantitative estimate of drug-likeness (QED) is 0.0165. The maximum absolute atomic E-state index is 15.7. The minimum atomic E-state index is -0.185. The van der Waals surface area contributed by atoms with Gasteiger partial charge in [-0.1, -0.05) is 271 Å². The number of benzene rings is 5. The highest BCUT2D eigenvalue weighted by Gasteiger charge is 2.40. The maximum atomic E-state index is 15.7. The van der Waals surface area contributed by atoms with E-state index in [1.54, 1.807) is 21.1 Å². The van der Waals surface area contributed by atoms with Crippen LogP contribution in [0.5, 0.6) is 0 Å². The number of unbranched alkanes of at least 4 members (excludes halogenated alkanes) is 32. The van der Waals surface area contributed by atoms with Crippen LogP contribution in [0.25, 0.3) is 72.3 Å². The SMILES string of the molecule is CCCCCCCCCCCCC(CCCCCCCCCCCC)CN1C(=O)c2ccc3c4c(-c5cc6sc7cc(C)sc7c6s5)cc5c6c(ccc(c7c(C)cc(c2c37)C1=O)c64)C(=O)N(CC(CCCCCCCCCC)CCCCCCCCCC)C5=O. The Morgan fingerprint density at radius 2 is 0.659 bits per heavy atom. The molecule has 8 aromatic rings. The van der Waals surface area contributed by atoms with Crippen LogP contribution in [0.1, 0.15) is 336 Å². The number of carbonyl (C=O) groups excluding carboxylic acids is 4. The molecule has 4 amide bonds. The van der Waals surface area contributed by atoms with Gasteiger partial charge in [0.15, 0.2) is 0 Å². The highest BCUT2D eigenvalue weighted by atomic mass is 32.1. The Morgan fingerprint density at radius 1 is 0.319 bits per heavy atom. The molecule has 9 heteroatoms. The molecule has 0 bridgehead atoms. The summed E-state index contributed by atoms with van der Waals surface area (Å²) in [6.07, 6.45) is 50.1. The largest absolute Gasteiger partial charge is 0.274 e. The van der Waals surface area contributed by atoms with E-state index in [1.807, 2.05) is 34.8 Å². The Hall–Kier alpha value is -4.70. The molecule has 0 spiro atoms. The molecule has 0 radical (unpaired) electrons. The van der Waals surface area contributed by atoms with Crippen molar-refractivity contribution in [1.29, 1.82) is 0 Å². The van der Waals surface area contributed by atoms with Gasteiger partial charge in [-0.25, -0.2) is 0 Å². The van der Waals surface area contributed by atoms with Crippen molar-refractivity contribution in [3.8, 4) is 10.4 Å². The molecule has 2 aliphatic heterocycles. The molecule has 492 valence electrons. The predicted octanol–water partition coefficient (Wildman–Crippen LogP) is 26.6. The summed E-state index contributed by atoms with van der Waals surface area (Å²) in [6, 6.07) is 17.1. The molecule has 5 heterocycles. The monoisotopic (exact) mass is 1280 g/mol. The van der Waals surface area contributed by atoms with Crippen LogP contribution in [-0.2, 0) is 0 Å². The van der Waals surface area contributed by atoms with Gasteiger partial charge in [0.1, 0.15) is 0 Å². The van der Waals surface area contributed by atoms with Gasteiger partial charge in [-0.2, -0.15) is 0 Å². The van der Waals surface area contributed by atoms with Crippen LogP contribution in [0.4, 0.5) is 0 Å². The number of fused-ring (bicyclic) bond motifs is 5. The van der Waals surface area contributed by atoms with Gasteiger partial charge in [0.05, 0.1) is 9.40 Å². The zero-order chi connectivity index (χ0) is 63.6. The van der Waals surface area contributed by atoms with E-state index in [0.717, 1.165) is 110 Å². The minimum absolute atomic E-state index is 0.176. The Balaban J connectivity index is 0.976. The molecule has 91 heavy (non-hydrogen) atoms. The third kappa shape index (κ3) is 16.5. The molecule has 0 atom stereocenters. The van der Waals surface area contributed by atoms with Gasteiger partial charge in [0.2, 0.25) is 0 Å². The second kappa shape index (κ2) is 34.6. The fraction of sp³-hybridized carbons (Fsp3) is 0.610. The van der Waals surface area contributed by atoms with Crippen LogP contribution in [0.15, 0.2) is 48.5 Å².